The van der Waals surface area contributed by atoms with E-state index in [9.17, 15) is 9.59 Å². The van der Waals surface area contributed by atoms with E-state index in [2.05, 4.69) is 26.1 Å². The van der Waals surface area contributed by atoms with Gasteiger partial charge in [0.25, 0.3) is 0 Å². The average molecular weight is 254 g/mol. The van der Waals surface area contributed by atoms with Gasteiger partial charge in [-0.15, -0.1) is 0 Å². The molecule has 4 nitrogen and oxygen atoms in total. The van der Waals surface area contributed by atoms with E-state index in [4.69, 9.17) is 0 Å². The van der Waals surface area contributed by atoms with Crippen LogP contribution in [0.25, 0.3) is 0 Å². The maximum atomic E-state index is 12.5. The van der Waals surface area contributed by atoms with Crippen LogP contribution >= 0.6 is 0 Å². The van der Waals surface area contributed by atoms with Crippen LogP contribution < -0.4 is 5.32 Å². The molecule has 2 unspecified atom stereocenters. The third kappa shape index (κ3) is 3.72. The third-order valence-electron chi connectivity index (χ3n) is 3.46. The van der Waals surface area contributed by atoms with Crippen molar-refractivity contribution in [2.24, 2.45) is 11.8 Å². The van der Waals surface area contributed by atoms with E-state index in [1.165, 1.54) is 0 Å². The van der Waals surface area contributed by atoms with Gasteiger partial charge in [0, 0.05) is 19.0 Å². The molecule has 0 spiro atoms. The standard InChI is InChI=1S/C14H26N2O2/c1-9(2)8-11(5)16-7-6-12(17)15-13(10(3)4)14(16)18/h9-11,13H,6-8H2,1-5H3,(H,15,17). The van der Waals surface area contributed by atoms with E-state index < -0.39 is 0 Å². The molecule has 1 heterocycles. The van der Waals surface area contributed by atoms with Gasteiger partial charge in [0.05, 0.1) is 0 Å². The topological polar surface area (TPSA) is 49.4 Å². The fourth-order valence-corrected chi connectivity index (χ4v) is 2.52. The molecule has 2 atom stereocenters. The van der Waals surface area contributed by atoms with Crippen molar-refractivity contribution in [1.82, 2.24) is 10.2 Å². The lowest BCUT2D eigenvalue weighted by atomic mass is 10.00. The Morgan fingerprint density at radius 2 is 1.83 bits per heavy atom. The van der Waals surface area contributed by atoms with Crippen LogP contribution in [0.1, 0.15) is 47.5 Å². The summed E-state index contributed by atoms with van der Waals surface area (Å²) in [4.78, 5) is 26.0. The van der Waals surface area contributed by atoms with Gasteiger partial charge < -0.3 is 10.2 Å². The lowest BCUT2D eigenvalue weighted by Crippen LogP contribution is -2.50. The second kappa shape index (κ2) is 6.21. The summed E-state index contributed by atoms with van der Waals surface area (Å²) in [5.41, 5.74) is 0. The molecule has 0 radical (unpaired) electrons. The predicted molar refractivity (Wildman–Crippen MR) is 72.0 cm³/mol. The molecule has 0 aromatic carbocycles. The number of carbonyl (C=O) groups excluding carboxylic acids is 2. The summed E-state index contributed by atoms with van der Waals surface area (Å²) in [5, 5.41) is 2.84. The average Bonchev–Trinajstić information content (AvgIpc) is 2.37. The molecule has 18 heavy (non-hydrogen) atoms. The van der Waals surface area contributed by atoms with Crippen LogP contribution in [0.5, 0.6) is 0 Å². The third-order valence-corrected chi connectivity index (χ3v) is 3.46. The van der Waals surface area contributed by atoms with Crippen molar-refractivity contribution in [2.45, 2.75) is 59.5 Å². The number of nitrogens with one attached hydrogen (secondary N) is 1. The lowest BCUT2D eigenvalue weighted by molar-refractivity contribution is -0.136. The summed E-state index contributed by atoms with van der Waals surface area (Å²) in [6.07, 6.45) is 1.39. The summed E-state index contributed by atoms with van der Waals surface area (Å²) in [6, 6.07) is -0.166. The minimum absolute atomic E-state index is 0.0127. The Labute approximate surface area is 110 Å². The highest BCUT2D eigenvalue weighted by molar-refractivity contribution is 5.90. The van der Waals surface area contributed by atoms with Crippen LogP contribution in [-0.2, 0) is 9.59 Å². The number of amides is 2. The van der Waals surface area contributed by atoms with Crippen LogP contribution in [0, 0.1) is 11.8 Å². The van der Waals surface area contributed by atoms with E-state index in [0.29, 0.717) is 18.9 Å². The van der Waals surface area contributed by atoms with Gasteiger partial charge in [-0.3, -0.25) is 9.59 Å². The second-order valence-electron chi connectivity index (χ2n) is 6.05. The molecule has 104 valence electrons. The molecular weight excluding hydrogens is 228 g/mol. The van der Waals surface area contributed by atoms with Crippen molar-refractivity contribution in [3.8, 4) is 0 Å². The van der Waals surface area contributed by atoms with Crippen LogP contribution in [0.2, 0.25) is 0 Å². The van der Waals surface area contributed by atoms with Gasteiger partial charge in [-0.2, -0.15) is 0 Å². The Morgan fingerprint density at radius 1 is 1.22 bits per heavy atom. The Morgan fingerprint density at radius 3 is 2.33 bits per heavy atom. The maximum absolute atomic E-state index is 12.5. The fourth-order valence-electron chi connectivity index (χ4n) is 2.52. The Bertz CT molecular complexity index is 313. The summed E-state index contributed by atoms with van der Waals surface area (Å²) in [5.74, 6) is 0.746. The molecule has 0 bridgehead atoms. The smallest absolute Gasteiger partial charge is 0.245 e. The molecule has 0 saturated carbocycles. The minimum Gasteiger partial charge on any atom is -0.344 e. The highest BCUT2D eigenvalue weighted by atomic mass is 16.2. The largest absolute Gasteiger partial charge is 0.344 e. The Balaban J connectivity index is 2.83. The van der Waals surface area contributed by atoms with Gasteiger partial charge in [-0.25, -0.2) is 0 Å². The molecule has 2 amide bonds. The summed E-state index contributed by atoms with van der Waals surface area (Å²) < 4.78 is 0. The molecule has 4 heteroatoms. The van der Waals surface area contributed by atoms with Gasteiger partial charge in [0.1, 0.15) is 6.04 Å². The SMILES string of the molecule is CC(C)CC(C)N1CCC(=O)NC(C(C)C)C1=O. The Kier molecular flexibility index (Phi) is 5.17. The van der Waals surface area contributed by atoms with Gasteiger partial charge in [0.15, 0.2) is 0 Å². The summed E-state index contributed by atoms with van der Waals surface area (Å²) >= 11 is 0. The molecular formula is C14H26N2O2. The zero-order valence-electron chi connectivity index (χ0n) is 12.2. The number of rotatable bonds is 4. The first-order valence-electron chi connectivity index (χ1n) is 6.92. The first kappa shape index (κ1) is 15.0. The van der Waals surface area contributed by atoms with Crippen LogP contribution in [0.15, 0.2) is 0 Å². The molecule has 1 fully saturated rings. The highest BCUT2D eigenvalue weighted by Gasteiger charge is 2.33. The van der Waals surface area contributed by atoms with Gasteiger partial charge in [-0.05, 0) is 25.2 Å². The van der Waals surface area contributed by atoms with E-state index in [0.717, 1.165) is 6.42 Å². The van der Waals surface area contributed by atoms with Crippen molar-refractivity contribution < 1.29 is 9.59 Å². The van der Waals surface area contributed by atoms with Gasteiger partial charge >= 0.3 is 0 Å². The number of carbonyl (C=O) groups is 2. The minimum atomic E-state index is -0.366. The fraction of sp³-hybridized carbons (Fsp3) is 0.857. The molecule has 1 N–H and O–H groups in total. The van der Waals surface area contributed by atoms with E-state index in [1.807, 2.05) is 18.7 Å². The molecule has 1 aliphatic rings. The molecule has 0 aliphatic carbocycles. The zero-order chi connectivity index (χ0) is 13.9. The number of nitrogens with zero attached hydrogens (tertiary/aromatic N) is 1. The van der Waals surface area contributed by atoms with Crippen molar-refractivity contribution >= 4 is 11.8 Å². The highest BCUT2D eigenvalue weighted by Crippen LogP contribution is 2.17. The van der Waals surface area contributed by atoms with Crippen LogP contribution in [0.4, 0.5) is 0 Å². The van der Waals surface area contributed by atoms with Crippen molar-refractivity contribution in [2.75, 3.05) is 6.54 Å². The molecule has 1 saturated heterocycles. The summed E-state index contributed by atoms with van der Waals surface area (Å²) in [7, 11) is 0. The van der Waals surface area contributed by atoms with E-state index in [1.54, 1.807) is 0 Å². The first-order chi connectivity index (χ1) is 8.32. The van der Waals surface area contributed by atoms with Crippen LogP contribution in [-0.4, -0.2) is 35.3 Å². The monoisotopic (exact) mass is 254 g/mol. The van der Waals surface area contributed by atoms with E-state index in [-0.39, 0.29) is 29.8 Å². The zero-order valence-corrected chi connectivity index (χ0v) is 12.2. The van der Waals surface area contributed by atoms with Crippen LogP contribution in [0.3, 0.4) is 0 Å². The normalized spacial score (nSPS) is 23.3. The first-order valence-corrected chi connectivity index (χ1v) is 6.92. The van der Waals surface area contributed by atoms with Crippen molar-refractivity contribution in [3.63, 3.8) is 0 Å². The van der Waals surface area contributed by atoms with Gasteiger partial charge in [0.2, 0.25) is 11.8 Å². The predicted octanol–water partition coefficient (Wildman–Crippen LogP) is 1.79. The van der Waals surface area contributed by atoms with Crippen molar-refractivity contribution in [3.05, 3.63) is 0 Å². The van der Waals surface area contributed by atoms with Crippen molar-refractivity contribution in [1.29, 1.82) is 0 Å². The maximum Gasteiger partial charge on any atom is 0.245 e. The van der Waals surface area contributed by atoms with E-state index >= 15 is 0 Å². The molecule has 0 aromatic rings. The second-order valence-corrected chi connectivity index (χ2v) is 6.05. The molecule has 1 aliphatic heterocycles. The molecule has 0 aromatic heterocycles. The lowest BCUT2D eigenvalue weighted by Gasteiger charge is -2.32. The Hall–Kier alpha value is -1.06. The number of hydrogen-bond donors (Lipinski definition) is 1. The summed E-state index contributed by atoms with van der Waals surface area (Å²) in [6.45, 7) is 10.9. The number of hydrogen-bond acceptors (Lipinski definition) is 2. The quantitative estimate of drug-likeness (QED) is 0.831. The molecule has 1 rings (SSSR count). The van der Waals surface area contributed by atoms with Gasteiger partial charge in [-0.1, -0.05) is 27.7 Å².